The van der Waals surface area contributed by atoms with E-state index >= 15 is 0 Å². The van der Waals surface area contributed by atoms with E-state index in [-0.39, 0.29) is 29.6 Å². The van der Waals surface area contributed by atoms with Gasteiger partial charge in [0.15, 0.2) is 0 Å². The van der Waals surface area contributed by atoms with Gasteiger partial charge in [-0.05, 0) is 37.5 Å². The summed E-state index contributed by atoms with van der Waals surface area (Å²) in [5.74, 6) is -0.356. The zero-order chi connectivity index (χ0) is 19.8. The molecule has 0 aromatic heterocycles. The van der Waals surface area contributed by atoms with Gasteiger partial charge in [-0.2, -0.15) is 0 Å². The van der Waals surface area contributed by atoms with Crippen LogP contribution in [0.15, 0.2) is 53.5 Å². The van der Waals surface area contributed by atoms with Crippen molar-refractivity contribution in [1.29, 1.82) is 0 Å². The second-order valence-electron chi connectivity index (χ2n) is 8.11. The van der Waals surface area contributed by atoms with Crippen LogP contribution in [0.5, 0.6) is 0 Å². The van der Waals surface area contributed by atoms with Crippen LogP contribution >= 0.6 is 0 Å². The van der Waals surface area contributed by atoms with Crippen LogP contribution in [0.2, 0.25) is 0 Å². The molecule has 1 amide bonds. The first kappa shape index (κ1) is 18.6. The van der Waals surface area contributed by atoms with Crippen molar-refractivity contribution in [2.24, 2.45) is 16.8 Å². The minimum Gasteiger partial charge on any atom is -0.301 e. The second-order valence-corrected chi connectivity index (χ2v) is 8.11. The summed E-state index contributed by atoms with van der Waals surface area (Å²) in [6.07, 6.45) is 2.18. The summed E-state index contributed by atoms with van der Waals surface area (Å²) in [4.78, 5) is 33.3. The highest BCUT2D eigenvalue weighted by atomic mass is 16.2. The van der Waals surface area contributed by atoms with E-state index in [0.29, 0.717) is 6.42 Å². The van der Waals surface area contributed by atoms with Gasteiger partial charge in [0.05, 0.1) is 23.3 Å². The number of carbonyl (C=O) groups excluding carboxylic acids is 2. The van der Waals surface area contributed by atoms with Crippen LogP contribution in [0.4, 0.5) is 11.4 Å². The van der Waals surface area contributed by atoms with Gasteiger partial charge < -0.3 is 4.90 Å². The van der Waals surface area contributed by atoms with E-state index in [4.69, 9.17) is 4.99 Å². The quantitative estimate of drug-likeness (QED) is 0.727. The van der Waals surface area contributed by atoms with Gasteiger partial charge in [0.2, 0.25) is 5.91 Å². The Hall–Kier alpha value is -2.75. The number of hydrogen-bond donors (Lipinski definition) is 0. The fraction of sp³-hybridized carbons (Fsp3) is 0.375. The molecule has 2 atom stereocenters. The van der Waals surface area contributed by atoms with Crippen molar-refractivity contribution >= 4 is 28.8 Å². The predicted molar refractivity (Wildman–Crippen MR) is 112 cm³/mol. The summed E-state index contributed by atoms with van der Waals surface area (Å²) in [7, 11) is 0. The van der Waals surface area contributed by atoms with Crippen LogP contribution in [0, 0.1) is 18.8 Å². The number of aliphatic imine (C=N–C) groups is 1. The Morgan fingerprint density at radius 1 is 1.07 bits per heavy atom. The largest absolute Gasteiger partial charge is 0.301 e. The van der Waals surface area contributed by atoms with E-state index < -0.39 is 0 Å². The monoisotopic (exact) mass is 374 g/mol. The van der Waals surface area contributed by atoms with E-state index in [1.165, 1.54) is 0 Å². The maximum atomic E-state index is 13.4. The molecule has 1 heterocycles. The molecule has 2 aliphatic rings. The van der Waals surface area contributed by atoms with Gasteiger partial charge in [-0.3, -0.25) is 14.6 Å². The lowest BCUT2D eigenvalue weighted by atomic mass is 9.77. The molecule has 0 saturated heterocycles. The average Bonchev–Trinajstić information content (AvgIpc) is 2.83. The number of amides is 1. The third-order valence-corrected chi connectivity index (χ3v) is 5.71. The van der Waals surface area contributed by atoms with Gasteiger partial charge in [-0.25, -0.2) is 0 Å². The van der Waals surface area contributed by atoms with Crippen LogP contribution < -0.4 is 4.90 Å². The molecule has 1 saturated carbocycles. The van der Waals surface area contributed by atoms with Crippen molar-refractivity contribution in [3.63, 3.8) is 0 Å². The molecule has 0 radical (unpaired) electrons. The van der Waals surface area contributed by atoms with Crippen LogP contribution in [-0.2, 0) is 9.59 Å². The molecular weight excluding hydrogens is 348 g/mol. The lowest BCUT2D eigenvalue weighted by Crippen LogP contribution is -2.45. The van der Waals surface area contributed by atoms with Crippen LogP contribution in [0.1, 0.15) is 50.3 Å². The van der Waals surface area contributed by atoms with E-state index in [1.807, 2.05) is 74.2 Å². The fourth-order valence-corrected chi connectivity index (χ4v) is 4.28. The summed E-state index contributed by atoms with van der Waals surface area (Å²) < 4.78 is 0. The van der Waals surface area contributed by atoms with Gasteiger partial charge in [0.25, 0.3) is 0 Å². The Kier molecular flexibility index (Phi) is 4.88. The number of hydrogen-bond acceptors (Lipinski definition) is 3. The molecule has 28 heavy (non-hydrogen) atoms. The first-order valence-corrected chi connectivity index (χ1v) is 10.1. The third-order valence-electron chi connectivity index (χ3n) is 5.71. The normalized spacial score (nSPS) is 21.6. The highest BCUT2D eigenvalue weighted by molar-refractivity contribution is 6.12. The first-order valence-electron chi connectivity index (χ1n) is 10.1. The van der Waals surface area contributed by atoms with E-state index in [1.54, 1.807) is 0 Å². The molecule has 1 fully saturated rings. The summed E-state index contributed by atoms with van der Waals surface area (Å²) in [6, 6.07) is 15.6. The molecule has 0 N–H and O–H groups in total. The molecule has 0 unspecified atom stereocenters. The third kappa shape index (κ3) is 3.17. The molecule has 1 aliphatic carbocycles. The predicted octanol–water partition coefficient (Wildman–Crippen LogP) is 5.18. The molecular formula is C24H26N2O2. The van der Waals surface area contributed by atoms with Crippen molar-refractivity contribution in [2.75, 3.05) is 4.90 Å². The average molecular weight is 374 g/mol. The molecule has 0 spiro atoms. The Bertz CT molecular complexity index is 943. The Morgan fingerprint density at radius 3 is 2.50 bits per heavy atom. The standard InChI is InChI=1S/C24H26N2O2/c1-15(2)24(28)26-20-9-5-4-7-18(20)25-19-8-6-10-21(27)22(19)23(26)17-13-11-16(3)12-14-17/h4-5,7,9,11-15,22-23H,6,8,10H2,1-3H3/t22-,23+/m1/s1. The Balaban J connectivity index is 1.98. The van der Waals surface area contributed by atoms with E-state index in [0.717, 1.165) is 41.1 Å². The molecule has 144 valence electrons. The van der Waals surface area contributed by atoms with Gasteiger partial charge in [-0.15, -0.1) is 0 Å². The molecule has 2 aromatic carbocycles. The van der Waals surface area contributed by atoms with Crippen molar-refractivity contribution in [1.82, 2.24) is 0 Å². The number of ketones is 1. The first-order chi connectivity index (χ1) is 13.5. The van der Waals surface area contributed by atoms with Crippen molar-refractivity contribution in [2.45, 2.75) is 46.1 Å². The highest BCUT2D eigenvalue weighted by Crippen LogP contribution is 2.45. The zero-order valence-corrected chi connectivity index (χ0v) is 16.7. The number of para-hydroxylation sites is 2. The van der Waals surface area contributed by atoms with Crippen molar-refractivity contribution in [3.05, 3.63) is 59.7 Å². The number of Topliss-reactive ketones (excluding diaryl/α,β-unsaturated/α-hetero) is 1. The molecule has 0 bridgehead atoms. The zero-order valence-electron chi connectivity index (χ0n) is 16.7. The molecule has 4 rings (SSSR count). The minimum atomic E-state index is -0.383. The molecule has 4 nitrogen and oxygen atoms in total. The van der Waals surface area contributed by atoms with Gasteiger partial charge >= 0.3 is 0 Å². The maximum absolute atomic E-state index is 13.4. The van der Waals surface area contributed by atoms with Gasteiger partial charge in [0, 0.05) is 18.1 Å². The topological polar surface area (TPSA) is 49.7 Å². The number of anilines is 1. The van der Waals surface area contributed by atoms with Crippen LogP contribution in [0.25, 0.3) is 0 Å². The smallest absolute Gasteiger partial charge is 0.230 e. The number of rotatable bonds is 2. The highest BCUT2D eigenvalue weighted by Gasteiger charge is 2.44. The van der Waals surface area contributed by atoms with Crippen molar-refractivity contribution in [3.8, 4) is 0 Å². The Morgan fingerprint density at radius 2 is 1.79 bits per heavy atom. The number of nitrogens with zero attached hydrogens (tertiary/aromatic N) is 2. The summed E-state index contributed by atoms with van der Waals surface area (Å²) in [5.41, 5.74) is 4.63. The number of carbonyl (C=O) groups is 2. The van der Waals surface area contributed by atoms with E-state index in [9.17, 15) is 9.59 Å². The Labute approximate surface area is 166 Å². The molecule has 4 heteroatoms. The summed E-state index contributed by atoms with van der Waals surface area (Å²) >= 11 is 0. The lowest BCUT2D eigenvalue weighted by molar-refractivity contribution is -0.124. The number of aryl methyl sites for hydroxylation is 1. The van der Waals surface area contributed by atoms with Crippen LogP contribution in [0.3, 0.4) is 0 Å². The maximum Gasteiger partial charge on any atom is 0.230 e. The second kappa shape index (κ2) is 7.34. The molecule has 2 aromatic rings. The van der Waals surface area contributed by atoms with E-state index in [2.05, 4.69) is 0 Å². The number of benzene rings is 2. The summed E-state index contributed by atoms with van der Waals surface area (Å²) in [6.45, 7) is 5.86. The fourth-order valence-electron chi connectivity index (χ4n) is 4.28. The van der Waals surface area contributed by atoms with Crippen molar-refractivity contribution < 1.29 is 9.59 Å². The van der Waals surface area contributed by atoms with Gasteiger partial charge in [0.1, 0.15) is 5.78 Å². The SMILES string of the molecule is Cc1ccc([C@H]2[C@H]3C(=O)CCCC3=Nc3ccccc3N2C(=O)C(C)C)cc1. The van der Waals surface area contributed by atoms with Crippen LogP contribution in [-0.4, -0.2) is 17.4 Å². The summed E-state index contributed by atoms with van der Waals surface area (Å²) in [5, 5.41) is 0. The van der Waals surface area contributed by atoms with Gasteiger partial charge in [-0.1, -0.05) is 55.8 Å². The minimum absolute atomic E-state index is 0.0212. The molecule has 1 aliphatic heterocycles. The lowest BCUT2D eigenvalue weighted by Gasteiger charge is -2.38. The number of fused-ring (bicyclic) bond motifs is 2.